The second-order valence-electron chi connectivity index (χ2n) is 10.1. The highest BCUT2D eigenvalue weighted by Gasteiger charge is 2.34. The Hall–Kier alpha value is -3.26. The molecule has 2 aromatic heterocycles. The maximum Gasteiger partial charge on any atom is 0.253 e. The minimum Gasteiger partial charge on any atom is -0.337 e. The molecule has 1 aliphatic carbocycles. The van der Waals surface area contributed by atoms with E-state index in [1.807, 2.05) is 48.4 Å². The fourth-order valence-corrected chi connectivity index (χ4v) is 5.21. The van der Waals surface area contributed by atoms with Gasteiger partial charge in [-0.25, -0.2) is 15.0 Å². The third-order valence-corrected chi connectivity index (χ3v) is 7.48. The SMILES string of the molecule is Cc1ncc(-c2ccnc(Nc3ccc(C(=O)N4CC[C@H](N(C)C5CCC5)C4)cc3)n2)n1C(C)C. The maximum absolute atomic E-state index is 13.1. The first-order valence-corrected chi connectivity index (χ1v) is 12.7. The van der Waals surface area contributed by atoms with Crippen LogP contribution in [0.1, 0.15) is 61.8 Å². The van der Waals surface area contributed by atoms with Gasteiger partial charge in [0.1, 0.15) is 5.82 Å². The fourth-order valence-electron chi connectivity index (χ4n) is 5.21. The number of amides is 1. The van der Waals surface area contributed by atoms with E-state index in [-0.39, 0.29) is 11.9 Å². The Labute approximate surface area is 207 Å². The second-order valence-corrected chi connectivity index (χ2v) is 10.1. The molecule has 8 heteroatoms. The molecule has 0 unspecified atom stereocenters. The molecule has 1 atom stereocenters. The van der Waals surface area contributed by atoms with Crippen molar-refractivity contribution >= 4 is 17.5 Å². The molecule has 1 saturated heterocycles. The molecule has 1 aromatic carbocycles. The number of likely N-dealkylation sites (tertiary alicyclic amines) is 1. The first kappa shape index (κ1) is 23.5. The molecule has 5 rings (SSSR count). The lowest BCUT2D eigenvalue weighted by Crippen LogP contribution is -2.45. The average molecular weight is 474 g/mol. The summed E-state index contributed by atoms with van der Waals surface area (Å²) in [6.07, 6.45) is 8.59. The van der Waals surface area contributed by atoms with Gasteiger partial charge in [-0.3, -0.25) is 9.69 Å². The van der Waals surface area contributed by atoms with Gasteiger partial charge in [0.05, 0.1) is 17.6 Å². The quantitative estimate of drug-likeness (QED) is 0.537. The lowest BCUT2D eigenvalue weighted by atomic mass is 9.91. The van der Waals surface area contributed by atoms with Crippen LogP contribution in [-0.2, 0) is 0 Å². The molecule has 1 N–H and O–H groups in total. The number of hydrogen-bond donors (Lipinski definition) is 1. The lowest BCUT2D eigenvalue weighted by molar-refractivity contribution is 0.0750. The summed E-state index contributed by atoms with van der Waals surface area (Å²) in [5.74, 6) is 1.58. The predicted molar refractivity (Wildman–Crippen MR) is 138 cm³/mol. The Morgan fingerprint density at radius 1 is 1.09 bits per heavy atom. The molecule has 1 amide bonds. The number of benzene rings is 1. The Kier molecular flexibility index (Phi) is 6.56. The van der Waals surface area contributed by atoms with Crippen molar-refractivity contribution in [3.63, 3.8) is 0 Å². The van der Waals surface area contributed by atoms with Crippen LogP contribution in [0.5, 0.6) is 0 Å². The number of nitrogens with zero attached hydrogens (tertiary/aromatic N) is 6. The van der Waals surface area contributed by atoms with Crippen molar-refractivity contribution in [1.29, 1.82) is 0 Å². The molecule has 0 spiro atoms. The van der Waals surface area contributed by atoms with Crippen LogP contribution >= 0.6 is 0 Å². The molecule has 35 heavy (non-hydrogen) atoms. The summed E-state index contributed by atoms with van der Waals surface area (Å²) in [6, 6.07) is 11.0. The van der Waals surface area contributed by atoms with Crippen molar-refractivity contribution in [2.75, 3.05) is 25.5 Å². The largest absolute Gasteiger partial charge is 0.337 e. The Balaban J connectivity index is 1.24. The Morgan fingerprint density at radius 2 is 1.86 bits per heavy atom. The van der Waals surface area contributed by atoms with Gasteiger partial charge in [0.15, 0.2) is 0 Å². The minimum absolute atomic E-state index is 0.108. The van der Waals surface area contributed by atoms with Crippen LogP contribution in [0.2, 0.25) is 0 Å². The van der Waals surface area contributed by atoms with Crippen LogP contribution in [-0.4, -0.2) is 67.4 Å². The molecule has 2 fully saturated rings. The smallest absolute Gasteiger partial charge is 0.253 e. The van der Waals surface area contributed by atoms with Gasteiger partial charge in [-0.1, -0.05) is 6.42 Å². The summed E-state index contributed by atoms with van der Waals surface area (Å²) in [6.45, 7) is 7.92. The van der Waals surface area contributed by atoms with Gasteiger partial charge in [0.2, 0.25) is 5.95 Å². The average Bonchev–Trinajstić information content (AvgIpc) is 3.45. The topological polar surface area (TPSA) is 79.2 Å². The standard InChI is InChI=1S/C27H35N7O/c1-18(2)34-19(3)29-16-25(34)24-12-14-28-27(31-24)30-21-10-8-20(9-11-21)26(35)33-15-13-23(17-33)32(4)22-6-5-7-22/h8-12,14,16,18,22-23H,5-7,13,15,17H2,1-4H3,(H,28,30,31)/t23-/m0/s1. The summed E-state index contributed by atoms with van der Waals surface area (Å²) in [5, 5.41) is 3.27. The van der Waals surface area contributed by atoms with Gasteiger partial charge in [0, 0.05) is 48.7 Å². The number of aryl methyl sites for hydroxylation is 1. The van der Waals surface area contributed by atoms with Gasteiger partial charge in [-0.15, -0.1) is 0 Å². The molecule has 1 aliphatic heterocycles. The Morgan fingerprint density at radius 3 is 2.54 bits per heavy atom. The molecule has 0 radical (unpaired) electrons. The van der Waals surface area contributed by atoms with Crippen LogP contribution in [0.25, 0.3) is 11.4 Å². The van der Waals surface area contributed by atoms with E-state index < -0.39 is 0 Å². The summed E-state index contributed by atoms with van der Waals surface area (Å²) < 4.78 is 2.17. The zero-order chi connectivity index (χ0) is 24.5. The number of imidazole rings is 1. The molecule has 2 aliphatic rings. The van der Waals surface area contributed by atoms with Gasteiger partial charge in [-0.05, 0) is 77.4 Å². The van der Waals surface area contributed by atoms with Gasteiger partial charge in [-0.2, -0.15) is 0 Å². The monoisotopic (exact) mass is 473 g/mol. The number of rotatable bonds is 7. The van der Waals surface area contributed by atoms with E-state index in [1.54, 1.807) is 6.20 Å². The van der Waals surface area contributed by atoms with E-state index in [4.69, 9.17) is 4.98 Å². The fraction of sp³-hybridized carbons (Fsp3) is 0.481. The molecule has 3 heterocycles. The van der Waals surface area contributed by atoms with Crippen molar-refractivity contribution in [2.24, 2.45) is 0 Å². The van der Waals surface area contributed by atoms with Gasteiger partial charge < -0.3 is 14.8 Å². The summed E-state index contributed by atoms with van der Waals surface area (Å²) >= 11 is 0. The van der Waals surface area contributed by atoms with Crippen LogP contribution in [0.4, 0.5) is 11.6 Å². The third kappa shape index (κ3) is 4.80. The van der Waals surface area contributed by atoms with E-state index in [0.717, 1.165) is 42.4 Å². The van der Waals surface area contributed by atoms with Crippen molar-refractivity contribution < 1.29 is 4.79 Å². The normalized spacial score (nSPS) is 18.3. The Bertz CT molecular complexity index is 1180. The molecule has 3 aromatic rings. The van der Waals surface area contributed by atoms with Crippen molar-refractivity contribution in [3.05, 3.63) is 54.1 Å². The highest BCUT2D eigenvalue weighted by molar-refractivity contribution is 5.94. The van der Waals surface area contributed by atoms with Gasteiger partial charge >= 0.3 is 0 Å². The minimum atomic E-state index is 0.108. The zero-order valence-corrected chi connectivity index (χ0v) is 21.1. The number of nitrogens with one attached hydrogen (secondary N) is 1. The number of aromatic nitrogens is 4. The second kappa shape index (κ2) is 9.77. The number of anilines is 2. The number of hydrogen-bond acceptors (Lipinski definition) is 6. The van der Waals surface area contributed by atoms with E-state index >= 15 is 0 Å². The molecule has 1 saturated carbocycles. The van der Waals surface area contributed by atoms with Crippen LogP contribution < -0.4 is 5.32 Å². The van der Waals surface area contributed by atoms with Crippen molar-refractivity contribution in [3.8, 4) is 11.4 Å². The van der Waals surface area contributed by atoms with E-state index in [2.05, 4.69) is 45.6 Å². The third-order valence-electron chi connectivity index (χ3n) is 7.48. The molecular formula is C27H35N7O. The molecule has 184 valence electrons. The van der Waals surface area contributed by atoms with Crippen LogP contribution in [0, 0.1) is 6.92 Å². The highest BCUT2D eigenvalue weighted by Crippen LogP contribution is 2.29. The van der Waals surface area contributed by atoms with E-state index in [1.165, 1.54) is 19.3 Å². The van der Waals surface area contributed by atoms with Crippen LogP contribution in [0.15, 0.2) is 42.7 Å². The first-order chi connectivity index (χ1) is 16.9. The molecule has 0 bridgehead atoms. The first-order valence-electron chi connectivity index (χ1n) is 12.7. The van der Waals surface area contributed by atoms with Crippen LogP contribution in [0.3, 0.4) is 0 Å². The summed E-state index contributed by atoms with van der Waals surface area (Å²) in [7, 11) is 2.22. The lowest BCUT2D eigenvalue weighted by Gasteiger charge is -2.38. The zero-order valence-electron chi connectivity index (χ0n) is 21.1. The van der Waals surface area contributed by atoms with Crippen molar-refractivity contribution in [2.45, 2.75) is 64.6 Å². The van der Waals surface area contributed by atoms with E-state index in [9.17, 15) is 4.79 Å². The van der Waals surface area contributed by atoms with Crippen molar-refractivity contribution in [1.82, 2.24) is 29.3 Å². The summed E-state index contributed by atoms with van der Waals surface area (Å²) in [5.41, 5.74) is 3.35. The maximum atomic E-state index is 13.1. The van der Waals surface area contributed by atoms with E-state index in [0.29, 0.717) is 23.6 Å². The number of carbonyl (C=O) groups is 1. The molecule has 8 nitrogen and oxygen atoms in total. The number of carbonyl (C=O) groups excluding carboxylic acids is 1. The summed E-state index contributed by atoms with van der Waals surface area (Å²) in [4.78, 5) is 31.1. The highest BCUT2D eigenvalue weighted by atomic mass is 16.2. The molecular weight excluding hydrogens is 438 g/mol. The predicted octanol–water partition coefficient (Wildman–Crippen LogP) is 4.67. The van der Waals surface area contributed by atoms with Gasteiger partial charge in [0.25, 0.3) is 5.91 Å². The number of likely N-dealkylation sites (N-methyl/N-ethyl adjacent to an activating group) is 1.